The van der Waals surface area contributed by atoms with Gasteiger partial charge in [-0.05, 0) is 5.56 Å². The largest absolute Gasteiger partial charge is 0.848 e. The molecule has 4 rings (SSSR count). The van der Waals surface area contributed by atoms with Gasteiger partial charge in [0.25, 0.3) is 0 Å². The van der Waals surface area contributed by atoms with Gasteiger partial charge < -0.3 is 5.11 Å². The van der Waals surface area contributed by atoms with Gasteiger partial charge in [-0.25, -0.2) is 4.57 Å². The number of hydrogen-bond acceptors (Lipinski definition) is 3. The molecule has 2 aliphatic rings. The van der Waals surface area contributed by atoms with E-state index < -0.39 is 0 Å². The fraction of sp³-hybridized carbons (Fsp3) is 0.375. The number of anilines is 1. The Hall–Kier alpha value is -2.30. The van der Waals surface area contributed by atoms with Crippen LogP contribution >= 0.6 is 0 Å². The maximum Gasteiger partial charge on any atom is 0.362 e. The molecule has 1 aromatic carbocycles. The molecule has 21 heavy (non-hydrogen) atoms. The summed E-state index contributed by atoms with van der Waals surface area (Å²) >= 11 is 0. The molecule has 0 unspecified atom stereocenters. The van der Waals surface area contributed by atoms with Crippen LogP contribution < -0.4 is 20.1 Å². The minimum absolute atomic E-state index is 0.149. The Balaban J connectivity index is 2.04. The quantitative estimate of drug-likeness (QED) is 0.716. The van der Waals surface area contributed by atoms with Crippen LogP contribution in [0.4, 0.5) is 5.95 Å². The second-order valence-corrected chi connectivity index (χ2v) is 5.65. The van der Waals surface area contributed by atoms with Crippen LogP contribution in [0.25, 0.3) is 11.1 Å². The van der Waals surface area contributed by atoms with Crippen LogP contribution in [0.15, 0.2) is 35.1 Å². The molecular formula is C16H17N3O2. The van der Waals surface area contributed by atoms with Gasteiger partial charge in [-0.15, -0.1) is 0 Å². The topological polar surface area (TPSA) is 52.2 Å². The second-order valence-electron chi connectivity index (χ2n) is 5.65. The Kier molecular flexibility index (Phi) is 2.74. The van der Waals surface area contributed by atoms with Gasteiger partial charge in [0.15, 0.2) is 0 Å². The van der Waals surface area contributed by atoms with E-state index >= 15 is 0 Å². The first-order valence-electron chi connectivity index (χ1n) is 7.45. The summed E-state index contributed by atoms with van der Waals surface area (Å²) in [6, 6.07) is 9.29. The predicted molar refractivity (Wildman–Crippen MR) is 77.2 cm³/mol. The van der Waals surface area contributed by atoms with Crippen molar-refractivity contribution in [1.29, 1.82) is 0 Å². The Bertz CT molecular complexity index is 750. The van der Waals surface area contributed by atoms with E-state index in [-0.39, 0.29) is 11.4 Å². The Labute approximate surface area is 122 Å². The van der Waals surface area contributed by atoms with Crippen LogP contribution in [0.3, 0.4) is 0 Å². The molecule has 5 heteroatoms. The fourth-order valence-corrected chi connectivity index (χ4v) is 3.44. The zero-order chi connectivity index (χ0) is 14.4. The molecule has 0 amide bonds. The first kappa shape index (κ1) is 12.4. The fourth-order valence-electron chi connectivity index (χ4n) is 3.44. The van der Waals surface area contributed by atoms with E-state index in [1.165, 1.54) is 0 Å². The van der Waals surface area contributed by atoms with Gasteiger partial charge in [0.1, 0.15) is 0 Å². The van der Waals surface area contributed by atoms with Gasteiger partial charge in [-0.3, -0.25) is 9.69 Å². The molecule has 0 radical (unpaired) electrons. The lowest BCUT2D eigenvalue weighted by Gasteiger charge is -2.33. The third kappa shape index (κ3) is 1.77. The molecule has 0 saturated heterocycles. The van der Waals surface area contributed by atoms with E-state index in [2.05, 4.69) is 4.90 Å². The molecule has 1 aromatic heterocycles. The third-order valence-electron chi connectivity index (χ3n) is 4.37. The molecule has 0 N–H and O–H groups in total. The highest BCUT2D eigenvalue weighted by molar-refractivity contribution is 5.66. The number of nitrogens with zero attached hydrogens (tertiary/aromatic N) is 3. The Morgan fingerprint density at radius 3 is 2.62 bits per heavy atom. The molecule has 0 atom stereocenters. The van der Waals surface area contributed by atoms with E-state index in [1.54, 1.807) is 9.13 Å². The van der Waals surface area contributed by atoms with Crippen molar-refractivity contribution in [2.75, 3.05) is 18.0 Å². The summed E-state index contributed by atoms with van der Waals surface area (Å²) in [6.45, 7) is 3.27. The maximum absolute atomic E-state index is 12.8. The van der Waals surface area contributed by atoms with Crippen molar-refractivity contribution in [2.45, 2.75) is 25.9 Å². The van der Waals surface area contributed by atoms with Crippen LogP contribution in [0.1, 0.15) is 12.8 Å². The highest BCUT2D eigenvalue weighted by atomic mass is 16.3. The zero-order valence-electron chi connectivity index (χ0n) is 11.8. The third-order valence-corrected chi connectivity index (χ3v) is 4.37. The minimum atomic E-state index is -0.149. The van der Waals surface area contributed by atoms with Gasteiger partial charge in [0, 0.05) is 18.7 Å². The number of benzene rings is 1. The van der Waals surface area contributed by atoms with Crippen LogP contribution in [0.5, 0.6) is 5.88 Å². The van der Waals surface area contributed by atoms with Crippen molar-refractivity contribution in [3.63, 3.8) is 0 Å². The van der Waals surface area contributed by atoms with Gasteiger partial charge in [0.05, 0.1) is 31.7 Å². The first-order chi connectivity index (χ1) is 10.3. The molecule has 0 bridgehead atoms. The summed E-state index contributed by atoms with van der Waals surface area (Å²) in [5.41, 5.74) is 0.876. The summed E-state index contributed by atoms with van der Waals surface area (Å²) in [6.07, 6.45) is 1.92. The summed E-state index contributed by atoms with van der Waals surface area (Å²) < 4.78 is 3.57. The lowest BCUT2D eigenvalue weighted by Crippen LogP contribution is -2.57. The lowest BCUT2D eigenvalue weighted by molar-refractivity contribution is -0.730. The molecule has 5 nitrogen and oxygen atoms in total. The summed E-state index contributed by atoms with van der Waals surface area (Å²) in [5.74, 6) is 0.659. The van der Waals surface area contributed by atoms with E-state index in [0.717, 1.165) is 31.9 Å². The minimum Gasteiger partial charge on any atom is -0.848 e. The number of hydrogen-bond donors (Lipinski definition) is 0. The smallest absolute Gasteiger partial charge is 0.362 e. The molecule has 0 fully saturated rings. The zero-order valence-corrected chi connectivity index (χ0v) is 11.8. The molecule has 0 saturated carbocycles. The monoisotopic (exact) mass is 283 g/mol. The van der Waals surface area contributed by atoms with Crippen LogP contribution in [0, 0.1) is 0 Å². The number of aromatic nitrogens is 2. The SMILES string of the molecule is O=c1c(-c2ccccc2)c([O-])[n+]2c3n1CCCN3CCC2. The number of rotatable bonds is 1. The van der Waals surface area contributed by atoms with Crippen molar-refractivity contribution >= 4 is 5.95 Å². The maximum atomic E-state index is 12.8. The molecular weight excluding hydrogens is 266 g/mol. The van der Waals surface area contributed by atoms with Crippen LogP contribution in [0.2, 0.25) is 0 Å². The second kappa shape index (κ2) is 4.62. The van der Waals surface area contributed by atoms with E-state index in [9.17, 15) is 9.90 Å². The normalized spacial score (nSPS) is 16.7. The van der Waals surface area contributed by atoms with E-state index in [4.69, 9.17) is 0 Å². The van der Waals surface area contributed by atoms with Gasteiger partial charge >= 0.3 is 11.5 Å². The van der Waals surface area contributed by atoms with Gasteiger partial charge in [0.2, 0.25) is 0 Å². The summed E-state index contributed by atoms with van der Waals surface area (Å²) in [5, 5.41) is 12.8. The van der Waals surface area contributed by atoms with Crippen molar-refractivity contribution in [1.82, 2.24) is 4.57 Å². The highest BCUT2D eigenvalue weighted by Gasteiger charge is 2.34. The summed E-state index contributed by atoms with van der Waals surface area (Å²) in [7, 11) is 0. The van der Waals surface area contributed by atoms with Gasteiger partial charge in [-0.2, -0.15) is 4.57 Å². The highest BCUT2D eigenvalue weighted by Crippen LogP contribution is 2.26. The lowest BCUT2D eigenvalue weighted by atomic mass is 10.1. The predicted octanol–water partition coefficient (Wildman–Crippen LogP) is 0.490. The van der Waals surface area contributed by atoms with Crippen molar-refractivity contribution in [3.8, 4) is 17.0 Å². The van der Waals surface area contributed by atoms with Crippen molar-refractivity contribution in [3.05, 3.63) is 40.7 Å². The first-order valence-corrected chi connectivity index (χ1v) is 7.45. The molecule has 3 heterocycles. The van der Waals surface area contributed by atoms with E-state index in [0.29, 0.717) is 24.2 Å². The Morgan fingerprint density at radius 2 is 1.81 bits per heavy atom. The van der Waals surface area contributed by atoms with Crippen LogP contribution in [-0.4, -0.2) is 17.7 Å². The molecule has 2 aliphatic heterocycles. The van der Waals surface area contributed by atoms with Gasteiger partial charge in [-0.1, -0.05) is 30.3 Å². The average Bonchev–Trinajstić information content (AvgIpc) is 2.54. The van der Waals surface area contributed by atoms with Crippen molar-refractivity contribution in [2.24, 2.45) is 0 Å². The molecule has 2 aromatic rings. The van der Waals surface area contributed by atoms with Crippen LogP contribution in [-0.2, 0) is 13.1 Å². The van der Waals surface area contributed by atoms with E-state index in [1.807, 2.05) is 30.3 Å². The molecule has 0 spiro atoms. The molecule has 108 valence electrons. The summed E-state index contributed by atoms with van der Waals surface area (Å²) in [4.78, 5) is 15.0. The van der Waals surface area contributed by atoms with Crippen molar-refractivity contribution < 1.29 is 9.67 Å². The Morgan fingerprint density at radius 1 is 1.05 bits per heavy atom. The standard InChI is InChI=1S/C16H17N3O2/c20-14-13(12-6-2-1-3-7-12)15(21)19-11-5-9-17-8-4-10-18(14)16(17)19/h1-3,6-7H,4-5,8-11H2. The average molecular weight is 283 g/mol. The molecule has 0 aliphatic carbocycles.